The molecule has 0 aliphatic heterocycles. The van der Waals surface area contributed by atoms with Crippen LogP contribution in [0.3, 0.4) is 0 Å². The zero-order chi connectivity index (χ0) is 27.5. The highest BCUT2D eigenvalue weighted by Crippen LogP contribution is 2.40. The number of ether oxygens (including phenoxy) is 1. The number of alkyl halides is 3. The molecule has 2 rings (SSSR count). The number of Topliss-reactive ketones (excluding diaryl/α,β-unsaturated/α-hetero) is 1. The molecule has 1 aliphatic rings. The first kappa shape index (κ1) is 29.1. The number of nitrogens with one attached hydrogen (secondary N) is 2. The van der Waals surface area contributed by atoms with E-state index >= 15 is 0 Å². The summed E-state index contributed by atoms with van der Waals surface area (Å²) in [6.45, 7) is 8.31. The normalized spacial score (nSPS) is 20.8. The molecule has 3 amide bonds. The first-order valence-corrected chi connectivity index (χ1v) is 11.7. The van der Waals surface area contributed by atoms with Gasteiger partial charge >= 0.3 is 12.3 Å². The van der Waals surface area contributed by atoms with Crippen LogP contribution in [0.5, 0.6) is 0 Å². The van der Waals surface area contributed by atoms with Crippen molar-refractivity contribution in [1.82, 2.24) is 10.6 Å². The molecular formula is C25H34F3N3O5. The first-order valence-electron chi connectivity index (χ1n) is 11.7. The maximum atomic E-state index is 13.2. The highest BCUT2D eigenvalue weighted by Gasteiger charge is 2.45. The van der Waals surface area contributed by atoms with E-state index in [9.17, 15) is 32.3 Å². The van der Waals surface area contributed by atoms with Crippen molar-refractivity contribution in [3.05, 3.63) is 35.4 Å². The van der Waals surface area contributed by atoms with Crippen LogP contribution in [-0.4, -0.2) is 41.9 Å². The van der Waals surface area contributed by atoms with Crippen LogP contribution in [0, 0.1) is 17.3 Å². The topological polar surface area (TPSA) is 128 Å². The Morgan fingerprint density at radius 1 is 1.06 bits per heavy atom. The fourth-order valence-electron chi connectivity index (χ4n) is 4.52. The highest BCUT2D eigenvalue weighted by molar-refractivity contribution is 5.96. The van der Waals surface area contributed by atoms with Gasteiger partial charge in [-0.1, -0.05) is 26.8 Å². The summed E-state index contributed by atoms with van der Waals surface area (Å²) in [4.78, 5) is 49.5. The Labute approximate surface area is 208 Å². The van der Waals surface area contributed by atoms with Gasteiger partial charge in [0.05, 0.1) is 12.1 Å². The van der Waals surface area contributed by atoms with Crippen molar-refractivity contribution < 1.29 is 37.1 Å². The summed E-state index contributed by atoms with van der Waals surface area (Å²) in [6, 6.07) is 3.38. The van der Waals surface area contributed by atoms with Gasteiger partial charge in [-0.3, -0.25) is 14.4 Å². The van der Waals surface area contributed by atoms with Crippen LogP contribution in [-0.2, 0) is 20.5 Å². The van der Waals surface area contributed by atoms with Gasteiger partial charge in [-0.25, -0.2) is 4.79 Å². The van der Waals surface area contributed by atoms with E-state index in [2.05, 4.69) is 10.6 Å². The molecule has 1 aromatic rings. The summed E-state index contributed by atoms with van der Waals surface area (Å²) in [7, 11) is 0. The Hall–Kier alpha value is -3.11. The molecule has 0 spiro atoms. The SMILES string of the molecule is CC(C)(C)C(=O)C1CC(C(C)(C)OC(N)=O)CCC1NC(=O)CNC(=O)c1cccc(C(F)(F)F)c1. The second kappa shape index (κ2) is 10.9. The molecule has 1 fully saturated rings. The fourth-order valence-corrected chi connectivity index (χ4v) is 4.52. The Bertz CT molecular complexity index is 1000. The van der Waals surface area contributed by atoms with Crippen molar-refractivity contribution in [2.24, 2.45) is 23.0 Å². The summed E-state index contributed by atoms with van der Waals surface area (Å²) in [5.41, 5.74) is 2.40. The van der Waals surface area contributed by atoms with Crippen LogP contribution in [0.15, 0.2) is 24.3 Å². The number of benzene rings is 1. The van der Waals surface area contributed by atoms with Gasteiger partial charge in [0.2, 0.25) is 5.91 Å². The van der Waals surface area contributed by atoms with Crippen molar-refractivity contribution >= 4 is 23.7 Å². The third-order valence-corrected chi connectivity index (χ3v) is 6.48. The molecule has 200 valence electrons. The van der Waals surface area contributed by atoms with Crippen molar-refractivity contribution in [2.45, 2.75) is 71.7 Å². The van der Waals surface area contributed by atoms with Crippen LogP contribution in [0.25, 0.3) is 0 Å². The molecule has 8 nitrogen and oxygen atoms in total. The predicted octanol–water partition coefficient (Wildman–Crippen LogP) is 3.83. The van der Waals surface area contributed by atoms with E-state index in [4.69, 9.17) is 10.5 Å². The number of ketones is 1. The van der Waals surface area contributed by atoms with Crippen LogP contribution in [0.4, 0.5) is 18.0 Å². The number of rotatable bonds is 7. The molecule has 1 aromatic carbocycles. The second-order valence-electron chi connectivity index (χ2n) is 10.7. The van der Waals surface area contributed by atoms with Crippen molar-refractivity contribution in [3.63, 3.8) is 0 Å². The zero-order valence-electron chi connectivity index (χ0n) is 21.1. The zero-order valence-corrected chi connectivity index (χ0v) is 21.1. The van der Waals surface area contributed by atoms with Gasteiger partial charge in [-0.05, 0) is 57.2 Å². The van der Waals surface area contributed by atoms with E-state index < -0.39 is 59.2 Å². The van der Waals surface area contributed by atoms with Crippen molar-refractivity contribution in [2.75, 3.05) is 6.54 Å². The molecule has 0 aromatic heterocycles. The second-order valence-corrected chi connectivity index (χ2v) is 10.7. The van der Waals surface area contributed by atoms with Gasteiger partial charge < -0.3 is 21.1 Å². The lowest BCUT2D eigenvalue weighted by Crippen LogP contribution is -2.53. The van der Waals surface area contributed by atoms with Crippen LogP contribution in [0.1, 0.15) is 69.8 Å². The highest BCUT2D eigenvalue weighted by atomic mass is 19.4. The largest absolute Gasteiger partial charge is 0.443 e. The Kier molecular flexibility index (Phi) is 8.80. The molecule has 0 bridgehead atoms. The maximum Gasteiger partial charge on any atom is 0.416 e. The molecule has 3 unspecified atom stereocenters. The van der Waals surface area contributed by atoms with Crippen LogP contribution in [0.2, 0.25) is 0 Å². The van der Waals surface area contributed by atoms with E-state index in [0.717, 1.165) is 12.1 Å². The van der Waals surface area contributed by atoms with E-state index in [1.807, 2.05) is 0 Å². The lowest BCUT2D eigenvalue weighted by atomic mass is 9.67. The summed E-state index contributed by atoms with van der Waals surface area (Å²) >= 11 is 0. The molecule has 1 aliphatic carbocycles. The molecule has 0 radical (unpaired) electrons. The Morgan fingerprint density at radius 2 is 1.69 bits per heavy atom. The number of nitrogens with two attached hydrogens (primary N) is 1. The lowest BCUT2D eigenvalue weighted by molar-refractivity contribution is -0.138. The van der Waals surface area contributed by atoms with E-state index in [0.29, 0.717) is 25.3 Å². The number of carbonyl (C=O) groups excluding carboxylic acids is 4. The quantitative estimate of drug-likeness (QED) is 0.511. The standard InChI is InChI=1S/C25H34F3N3O5/c1-23(2,3)20(33)17-12-15(24(4,5)36-22(29)35)9-10-18(17)31-19(32)13-30-21(34)14-7-6-8-16(11-14)25(26,27)28/h6-8,11,15,17-18H,9-10,12-13H2,1-5H3,(H2,29,35)(H,30,34)(H,31,32). The average molecular weight is 514 g/mol. The molecule has 4 N–H and O–H groups in total. The summed E-state index contributed by atoms with van der Waals surface area (Å²) in [5, 5.41) is 5.11. The Morgan fingerprint density at radius 3 is 2.25 bits per heavy atom. The van der Waals surface area contributed by atoms with Gasteiger partial charge in [0, 0.05) is 22.9 Å². The Balaban J connectivity index is 2.08. The third kappa shape index (κ3) is 7.69. The minimum absolute atomic E-state index is 0.0691. The van der Waals surface area contributed by atoms with Crippen molar-refractivity contribution in [3.8, 4) is 0 Å². The van der Waals surface area contributed by atoms with E-state index in [1.54, 1.807) is 34.6 Å². The van der Waals surface area contributed by atoms with Crippen LogP contribution >= 0.6 is 0 Å². The van der Waals surface area contributed by atoms with Gasteiger partial charge in [-0.2, -0.15) is 13.2 Å². The van der Waals surface area contributed by atoms with Gasteiger partial charge in [0.25, 0.3) is 5.91 Å². The lowest BCUT2D eigenvalue weighted by Gasteiger charge is -2.43. The number of carbonyl (C=O) groups is 4. The minimum Gasteiger partial charge on any atom is -0.443 e. The summed E-state index contributed by atoms with van der Waals surface area (Å²) in [6.07, 6.45) is -4.17. The first-order chi connectivity index (χ1) is 16.4. The smallest absolute Gasteiger partial charge is 0.416 e. The van der Waals surface area contributed by atoms with Crippen LogP contribution < -0.4 is 16.4 Å². The monoisotopic (exact) mass is 513 g/mol. The number of halogens is 3. The average Bonchev–Trinajstić information content (AvgIpc) is 2.75. The summed E-state index contributed by atoms with van der Waals surface area (Å²) in [5.74, 6) is -2.20. The molecule has 3 atom stereocenters. The van der Waals surface area contributed by atoms with E-state index in [1.165, 1.54) is 6.07 Å². The minimum atomic E-state index is -4.60. The van der Waals surface area contributed by atoms with Gasteiger partial charge in [-0.15, -0.1) is 0 Å². The number of amides is 3. The number of hydrogen-bond acceptors (Lipinski definition) is 5. The number of hydrogen-bond donors (Lipinski definition) is 3. The summed E-state index contributed by atoms with van der Waals surface area (Å²) < 4.78 is 44.0. The van der Waals surface area contributed by atoms with Crippen molar-refractivity contribution in [1.29, 1.82) is 0 Å². The molecule has 0 saturated heterocycles. The molecule has 36 heavy (non-hydrogen) atoms. The maximum absolute atomic E-state index is 13.2. The fraction of sp³-hybridized carbons (Fsp3) is 0.600. The molecular weight excluding hydrogens is 479 g/mol. The van der Waals surface area contributed by atoms with Gasteiger partial charge in [0.15, 0.2) is 0 Å². The van der Waals surface area contributed by atoms with E-state index in [-0.39, 0.29) is 17.3 Å². The molecule has 0 heterocycles. The van der Waals surface area contributed by atoms with Gasteiger partial charge in [0.1, 0.15) is 11.4 Å². The number of primary amides is 1. The molecule has 11 heteroatoms. The predicted molar refractivity (Wildman–Crippen MR) is 126 cm³/mol. The molecule has 1 saturated carbocycles. The third-order valence-electron chi connectivity index (χ3n) is 6.48.